The molecule has 1 amide bonds. The highest BCUT2D eigenvalue weighted by Crippen LogP contribution is 2.22. The van der Waals surface area contributed by atoms with E-state index in [0.29, 0.717) is 10.6 Å². The van der Waals surface area contributed by atoms with Gasteiger partial charge < -0.3 is 14.8 Å². The van der Waals surface area contributed by atoms with Crippen molar-refractivity contribution >= 4 is 23.2 Å². The maximum atomic E-state index is 12.4. The monoisotopic (exact) mass is 333 g/mol. The van der Waals surface area contributed by atoms with E-state index in [0.717, 1.165) is 10.4 Å². The van der Waals surface area contributed by atoms with Gasteiger partial charge >= 0.3 is 5.97 Å². The molecule has 1 N–H and O–H groups in total. The maximum absolute atomic E-state index is 12.4. The molecule has 0 saturated carbocycles. The molecular weight excluding hydrogens is 314 g/mol. The lowest BCUT2D eigenvalue weighted by Crippen LogP contribution is -2.30. The molecule has 2 aromatic rings. The molecule has 0 aliphatic heterocycles. The zero-order valence-corrected chi connectivity index (χ0v) is 14.1. The summed E-state index contributed by atoms with van der Waals surface area (Å²) < 4.78 is 9.85. The average molecular weight is 333 g/mol. The molecule has 2 rings (SSSR count). The molecule has 0 bridgehead atoms. The Morgan fingerprint density at radius 3 is 2.35 bits per heavy atom. The molecule has 1 heterocycles. The van der Waals surface area contributed by atoms with E-state index in [9.17, 15) is 9.59 Å². The van der Waals surface area contributed by atoms with Crippen LogP contribution in [0.25, 0.3) is 0 Å². The van der Waals surface area contributed by atoms with Crippen molar-refractivity contribution in [2.75, 3.05) is 14.2 Å². The summed E-state index contributed by atoms with van der Waals surface area (Å²) in [5.74, 6) is 0.132. The topological polar surface area (TPSA) is 64.6 Å². The number of amides is 1. The van der Waals surface area contributed by atoms with Crippen LogP contribution in [0.5, 0.6) is 5.75 Å². The Labute approximate surface area is 139 Å². The summed E-state index contributed by atoms with van der Waals surface area (Å²) in [5.41, 5.74) is 0.817. The van der Waals surface area contributed by atoms with E-state index in [1.165, 1.54) is 18.4 Å². The Morgan fingerprint density at radius 2 is 1.83 bits per heavy atom. The number of rotatable bonds is 6. The third kappa shape index (κ3) is 4.56. The van der Waals surface area contributed by atoms with Crippen LogP contribution in [-0.4, -0.2) is 26.1 Å². The number of carbonyl (C=O) groups excluding carboxylic acids is 2. The van der Waals surface area contributed by atoms with E-state index in [2.05, 4.69) is 5.32 Å². The number of ether oxygens (including phenoxy) is 2. The lowest BCUT2D eigenvalue weighted by molar-refractivity contribution is -0.141. The van der Waals surface area contributed by atoms with Gasteiger partial charge in [0.25, 0.3) is 5.91 Å². The highest BCUT2D eigenvalue weighted by atomic mass is 32.1. The summed E-state index contributed by atoms with van der Waals surface area (Å²) in [6.07, 6.45) is 0.0684. The lowest BCUT2D eigenvalue weighted by atomic mass is 10.0. The quantitative estimate of drug-likeness (QED) is 0.825. The Morgan fingerprint density at radius 1 is 1.13 bits per heavy atom. The molecule has 23 heavy (non-hydrogen) atoms. The van der Waals surface area contributed by atoms with Crippen molar-refractivity contribution in [1.82, 2.24) is 5.32 Å². The van der Waals surface area contributed by atoms with Crippen molar-refractivity contribution in [2.24, 2.45) is 0 Å². The smallest absolute Gasteiger partial charge is 0.307 e. The molecule has 0 aliphatic carbocycles. The Balaban J connectivity index is 2.18. The van der Waals surface area contributed by atoms with Crippen LogP contribution in [0.4, 0.5) is 0 Å². The summed E-state index contributed by atoms with van der Waals surface area (Å²) in [4.78, 5) is 25.7. The number of hydrogen-bond acceptors (Lipinski definition) is 5. The number of hydrogen-bond donors (Lipinski definition) is 1. The van der Waals surface area contributed by atoms with Crippen LogP contribution in [-0.2, 0) is 9.53 Å². The van der Waals surface area contributed by atoms with E-state index in [1.807, 2.05) is 25.1 Å². The predicted octanol–water partition coefficient (Wildman–Crippen LogP) is 3.10. The minimum atomic E-state index is -0.455. The zero-order valence-electron chi connectivity index (χ0n) is 13.3. The van der Waals surface area contributed by atoms with E-state index in [-0.39, 0.29) is 18.3 Å². The molecule has 1 aromatic heterocycles. The van der Waals surface area contributed by atoms with E-state index >= 15 is 0 Å². The molecule has 1 aromatic carbocycles. The first-order chi connectivity index (χ1) is 11.0. The van der Waals surface area contributed by atoms with Crippen LogP contribution in [0.3, 0.4) is 0 Å². The fraction of sp³-hybridized carbons (Fsp3) is 0.294. The average Bonchev–Trinajstić information content (AvgIpc) is 3.00. The normalized spacial score (nSPS) is 11.6. The molecule has 5 nitrogen and oxygen atoms in total. The van der Waals surface area contributed by atoms with Gasteiger partial charge in [0.15, 0.2) is 0 Å². The number of esters is 1. The number of aryl methyl sites for hydroxylation is 1. The van der Waals surface area contributed by atoms with Gasteiger partial charge in [0.05, 0.1) is 31.6 Å². The van der Waals surface area contributed by atoms with Gasteiger partial charge in [0, 0.05) is 4.88 Å². The standard InChI is InChI=1S/C17H19NO4S/c1-11-4-9-15(23-11)17(20)18-14(10-16(19)22-3)12-5-7-13(21-2)8-6-12/h4-9,14H,10H2,1-3H3,(H,18,20). The van der Waals surface area contributed by atoms with E-state index in [1.54, 1.807) is 25.3 Å². The summed E-state index contributed by atoms with van der Waals surface area (Å²) in [6, 6.07) is 10.4. The SMILES string of the molecule is COC(=O)CC(NC(=O)c1ccc(C)s1)c1ccc(OC)cc1. The third-order valence-electron chi connectivity index (χ3n) is 3.39. The summed E-state index contributed by atoms with van der Waals surface area (Å²) >= 11 is 1.42. The van der Waals surface area contributed by atoms with Crippen LogP contribution in [0.1, 0.15) is 32.6 Å². The zero-order chi connectivity index (χ0) is 16.8. The first kappa shape index (κ1) is 17.0. The van der Waals surface area contributed by atoms with Gasteiger partial charge in [-0.3, -0.25) is 9.59 Å². The molecule has 0 spiro atoms. The van der Waals surface area contributed by atoms with Crippen molar-refractivity contribution in [3.05, 3.63) is 51.7 Å². The van der Waals surface area contributed by atoms with Crippen molar-refractivity contribution < 1.29 is 19.1 Å². The number of carbonyl (C=O) groups is 2. The van der Waals surface area contributed by atoms with Gasteiger partial charge in [-0.1, -0.05) is 12.1 Å². The minimum Gasteiger partial charge on any atom is -0.497 e. The van der Waals surface area contributed by atoms with Crippen molar-refractivity contribution in [3.63, 3.8) is 0 Å². The Bertz CT molecular complexity index is 678. The molecule has 1 unspecified atom stereocenters. The molecule has 122 valence electrons. The molecule has 0 saturated heterocycles. The van der Waals surface area contributed by atoms with Crippen LogP contribution >= 0.6 is 11.3 Å². The molecule has 0 fully saturated rings. The van der Waals surface area contributed by atoms with Crippen LogP contribution in [0, 0.1) is 6.92 Å². The lowest BCUT2D eigenvalue weighted by Gasteiger charge is -2.18. The van der Waals surface area contributed by atoms with Crippen molar-refractivity contribution in [2.45, 2.75) is 19.4 Å². The second kappa shape index (κ2) is 7.78. The fourth-order valence-electron chi connectivity index (χ4n) is 2.12. The van der Waals surface area contributed by atoms with E-state index < -0.39 is 6.04 Å². The van der Waals surface area contributed by atoms with Gasteiger partial charge in [-0.05, 0) is 36.8 Å². The third-order valence-corrected chi connectivity index (χ3v) is 4.39. The molecule has 0 aliphatic rings. The summed E-state index contributed by atoms with van der Waals surface area (Å²) in [7, 11) is 2.92. The number of thiophene rings is 1. The summed E-state index contributed by atoms with van der Waals surface area (Å²) in [5, 5.41) is 2.90. The van der Waals surface area contributed by atoms with E-state index in [4.69, 9.17) is 9.47 Å². The molecule has 0 radical (unpaired) electrons. The second-order valence-corrected chi connectivity index (χ2v) is 6.28. The Hall–Kier alpha value is -2.34. The highest BCUT2D eigenvalue weighted by Gasteiger charge is 2.20. The van der Waals surface area contributed by atoms with Gasteiger partial charge in [-0.15, -0.1) is 11.3 Å². The number of methoxy groups -OCH3 is 2. The molecule has 1 atom stereocenters. The second-order valence-electron chi connectivity index (χ2n) is 4.99. The maximum Gasteiger partial charge on any atom is 0.307 e. The fourth-order valence-corrected chi connectivity index (χ4v) is 2.90. The van der Waals surface area contributed by atoms with Crippen LogP contribution < -0.4 is 10.1 Å². The van der Waals surface area contributed by atoms with Gasteiger partial charge in [-0.2, -0.15) is 0 Å². The van der Waals surface area contributed by atoms with Crippen LogP contribution in [0.2, 0.25) is 0 Å². The van der Waals surface area contributed by atoms with Crippen molar-refractivity contribution in [3.8, 4) is 5.75 Å². The van der Waals surface area contributed by atoms with Gasteiger partial charge in [-0.25, -0.2) is 0 Å². The van der Waals surface area contributed by atoms with Crippen molar-refractivity contribution in [1.29, 1.82) is 0 Å². The minimum absolute atomic E-state index is 0.0684. The first-order valence-electron chi connectivity index (χ1n) is 7.11. The predicted molar refractivity (Wildman–Crippen MR) is 88.9 cm³/mol. The number of benzene rings is 1. The number of nitrogens with one attached hydrogen (secondary N) is 1. The largest absolute Gasteiger partial charge is 0.497 e. The van der Waals surface area contributed by atoms with Crippen LogP contribution in [0.15, 0.2) is 36.4 Å². The van der Waals surface area contributed by atoms with Gasteiger partial charge in [0.1, 0.15) is 5.75 Å². The highest BCUT2D eigenvalue weighted by molar-refractivity contribution is 7.13. The first-order valence-corrected chi connectivity index (χ1v) is 7.93. The summed E-state index contributed by atoms with van der Waals surface area (Å²) in [6.45, 7) is 1.94. The Kier molecular flexibility index (Phi) is 5.76. The molecule has 6 heteroatoms. The van der Waals surface area contributed by atoms with Gasteiger partial charge in [0.2, 0.25) is 0 Å². The molecular formula is C17H19NO4S.